The fourth-order valence-corrected chi connectivity index (χ4v) is 14.8. The van der Waals surface area contributed by atoms with Gasteiger partial charge in [0.05, 0.1) is 11.3 Å². The molecule has 0 spiro atoms. The molecule has 0 aliphatic heterocycles. The van der Waals surface area contributed by atoms with Gasteiger partial charge in [-0.25, -0.2) is 10.0 Å². The highest BCUT2D eigenvalue weighted by Gasteiger charge is 2.49. The van der Waals surface area contributed by atoms with Crippen LogP contribution < -0.4 is 0 Å². The average molecular weight is 698 g/mol. The Morgan fingerprint density at radius 1 is 0.725 bits per heavy atom. The zero-order valence-corrected chi connectivity index (χ0v) is 32.9. The fraction of sp³-hybridized carbons (Fsp3) is 0.458. The monoisotopic (exact) mass is 697 g/mol. The molecule has 0 N–H and O–H groups in total. The second-order valence-electron chi connectivity index (χ2n) is 17.2. The number of hydrogen-bond donors (Lipinski definition) is 0. The van der Waals surface area contributed by atoms with Gasteiger partial charge in [-0.3, -0.25) is 0 Å². The van der Waals surface area contributed by atoms with Crippen molar-refractivity contribution in [3.63, 3.8) is 0 Å². The molecule has 3 unspecified atom stereocenters. The molecule has 0 radical (unpaired) electrons. The molecule has 5 aromatic rings. The van der Waals surface area contributed by atoms with Crippen molar-refractivity contribution in [3.05, 3.63) is 118 Å². The molecule has 3 atom stereocenters. The van der Waals surface area contributed by atoms with E-state index in [0.29, 0.717) is 10.5 Å². The SMILES string of the molecule is Cc1ccc2c(c1)c1c(n2C)-c2ccccc2C1S(C)(CCCCCCOC(C)(C)C)C1c2ccccc2-c2ccc(CC3CCCCC3)cc21. The van der Waals surface area contributed by atoms with Gasteiger partial charge in [-0.1, -0.05) is 123 Å². The summed E-state index contributed by atoms with van der Waals surface area (Å²) in [5.74, 6) is 2.10. The summed E-state index contributed by atoms with van der Waals surface area (Å²) in [7, 11) is 0.954. The highest BCUT2D eigenvalue weighted by atomic mass is 32.3. The van der Waals surface area contributed by atoms with E-state index in [2.05, 4.69) is 130 Å². The van der Waals surface area contributed by atoms with Crippen LogP contribution in [0.25, 0.3) is 33.3 Å². The third-order valence-electron chi connectivity index (χ3n) is 12.4. The smallest absolute Gasteiger partial charge is 0.0598 e. The zero-order valence-electron chi connectivity index (χ0n) is 32.1. The molecule has 1 aromatic heterocycles. The van der Waals surface area contributed by atoms with E-state index in [1.807, 2.05) is 0 Å². The van der Waals surface area contributed by atoms with E-state index in [0.717, 1.165) is 18.9 Å². The number of aryl methyl sites for hydroxylation is 2. The normalized spacial score (nSPS) is 20.1. The number of ether oxygens (including phenoxy) is 1. The van der Waals surface area contributed by atoms with Gasteiger partial charge in [-0.15, -0.1) is 0 Å². The third kappa shape index (κ3) is 6.41. The molecular weight excluding hydrogens is 639 g/mol. The van der Waals surface area contributed by atoms with E-state index in [1.54, 1.807) is 27.8 Å². The third-order valence-corrected chi connectivity index (χ3v) is 16.7. The Kier molecular flexibility index (Phi) is 9.51. The Hall–Kier alpha value is -3.27. The van der Waals surface area contributed by atoms with Crippen molar-refractivity contribution in [2.75, 3.05) is 18.6 Å². The van der Waals surface area contributed by atoms with E-state index >= 15 is 0 Å². The van der Waals surface area contributed by atoms with Crippen LogP contribution >= 0.6 is 10.0 Å². The first-order valence-electron chi connectivity index (χ1n) is 19.9. The van der Waals surface area contributed by atoms with Gasteiger partial charge < -0.3 is 9.30 Å². The highest BCUT2D eigenvalue weighted by molar-refractivity contribution is 8.33. The number of rotatable bonds is 11. The molecule has 3 aliphatic carbocycles. The van der Waals surface area contributed by atoms with Crippen molar-refractivity contribution in [2.24, 2.45) is 13.0 Å². The lowest BCUT2D eigenvalue weighted by atomic mass is 9.84. The van der Waals surface area contributed by atoms with Gasteiger partial charge in [0, 0.05) is 46.2 Å². The highest BCUT2D eigenvalue weighted by Crippen LogP contribution is 2.77. The Labute approximate surface area is 309 Å². The van der Waals surface area contributed by atoms with Gasteiger partial charge in [-0.2, -0.15) is 0 Å². The van der Waals surface area contributed by atoms with E-state index in [1.165, 1.54) is 102 Å². The second-order valence-corrected chi connectivity index (χ2v) is 21.0. The van der Waals surface area contributed by atoms with Gasteiger partial charge in [0.1, 0.15) is 0 Å². The number of nitrogens with zero attached hydrogens (tertiary/aromatic N) is 1. The number of unbranched alkanes of at least 4 members (excludes halogenated alkanes) is 3. The molecule has 2 nitrogen and oxygen atoms in total. The Morgan fingerprint density at radius 2 is 1.41 bits per heavy atom. The molecule has 51 heavy (non-hydrogen) atoms. The molecule has 1 saturated carbocycles. The maximum absolute atomic E-state index is 6.12. The van der Waals surface area contributed by atoms with Crippen LogP contribution in [0.3, 0.4) is 0 Å². The molecule has 3 aliphatic rings. The zero-order chi connectivity index (χ0) is 35.3. The summed E-state index contributed by atoms with van der Waals surface area (Å²) < 4.78 is 8.63. The lowest BCUT2D eigenvalue weighted by molar-refractivity contribution is -0.00471. The molecule has 0 amide bonds. The first-order valence-corrected chi connectivity index (χ1v) is 22.3. The number of hydrogen-bond acceptors (Lipinski definition) is 1. The molecular formula is C48H59NOS. The lowest BCUT2D eigenvalue weighted by Crippen LogP contribution is -2.21. The topological polar surface area (TPSA) is 14.2 Å². The standard InChI is InChI=1S/C48H59NOS/c1-33-24-27-43-42(30-33)44-45(49(43)5)38-21-13-15-23-40(38)47(44)51(6,29-17-8-7-16-28-50-48(2,3)4)46-39-22-14-12-20-36(39)37-26-25-35(32-41(37)46)31-34-18-10-9-11-19-34/h12-15,20-27,30,32,34,46-47H,7-11,16-19,28-29,31H2,1-6H3. The van der Waals surface area contributed by atoms with Crippen molar-refractivity contribution < 1.29 is 4.74 Å². The summed E-state index contributed by atoms with van der Waals surface area (Å²) in [4.78, 5) is 0. The van der Waals surface area contributed by atoms with Crippen molar-refractivity contribution in [1.29, 1.82) is 0 Å². The van der Waals surface area contributed by atoms with Crippen LogP contribution in [0.4, 0.5) is 0 Å². The first-order chi connectivity index (χ1) is 24.6. The van der Waals surface area contributed by atoms with E-state index in [9.17, 15) is 0 Å². The number of benzene rings is 4. The summed E-state index contributed by atoms with van der Waals surface area (Å²) in [5.41, 5.74) is 16.4. The van der Waals surface area contributed by atoms with Gasteiger partial charge in [0.2, 0.25) is 0 Å². The van der Waals surface area contributed by atoms with Crippen LogP contribution in [-0.4, -0.2) is 28.8 Å². The summed E-state index contributed by atoms with van der Waals surface area (Å²) >= 11 is 0. The molecule has 3 heteroatoms. The predicted molar refractivity (Wildman–Crippen MR) is 221 cm³/mol. The summed E-state index contributed by atoms with van der Waals surface area (Å²) in [6, 6.07) is 33.8. The van der Waals surface area contributed by atoms with Gasteiger partial charge in [0.15, 0.2) is 0 Å². The van der Waals surface area contributed by atoms with Crippen LogP contribution in [0.2, 0.25) is 0 Å². The minimum atomic E-state index is -1.35. The number of aromatic nitrogens is 1. The van der Waals surface area contributed by atoms with Crippen molar-refractivity contribution in [2.45, 2.75) is 108 Å². The molecule has 268 valence electrons. The molecule has 8 rings (SSSR count). The Morgan fingerprint density at radius 3 is 2.18 bits per heavy atom. The van der Waals surface area contributed by atoms with Gasteiger partial charge in [0.25, 0.3) is 0 Å². The quantitative estimate of drug-likeness (QED) is 0.125. The van der Waals surface area contributed by atoms with Gasteiger partial charge in [-0.05, 0) is 110 Å². The average Bonchev–Trinajstić information content (AvgIpc) is 3.73. The van der Waals surface area contributed by atoms with Crippen LogP contribution in [0.15, 0.2) is 84.9 Å². The van der Waals surface area contributed by atoms with Crippen LogP contribution in [0.5, 0.6) is 0 Å². The molecule has 1 fully saturated rings. The van der Waals surface area contributed by atoms with Crippen molar-refractivity contribution in [1.82, 2.24) is 4.57 Å². The van der Waals surface area contributed by atoms with Crippen LogP contribution in [0.1, 0.15) is 122 Å². The van der Waals surface area contributed by atoms with Crippen LogP contribution in [0, 0.1) is 12.8 Å². The van der Waals surface area contributed by atoms with Crippen molar-refractivity contribution >= 4 is 20.9 Å². The molecule has 0 bridgehead atoms. The lowest BCUT2D eigenvalue weighted by Gasteiger charge is -2.49. The minimum Gasteiger partial charge on any atom is -0.376 e. The molecule has 1 heterocycles. The van der Waals surface area contributed by atoms with Gasteiger partial charge >= 0.3 is 0 Å². The van der Waals surface area contributed by atoms with Crippen molar-refractivity contribution in [3.8, 4) is 22.4 Å². The van der Waals surface area contributed by atoms with E-state index in [4.69, 9.17) is 4.74 Å². The summed E-state index contributed by atoms with van der Waals surface area (Å²) in [6.07, 6.45) is 15.9. The Balaban J connectivity index is 1.25. The van der Waals surface area contributed by atoms with E-state index < -0.39 is 10.0 Å². The van der Waals surface area contributed by atoms with E-state index in [-0.39, 0.29) is 5.60 Å². The Bertz CT molecular complexity index is 2040. The predicted octanol–water partition coefficient (Wildman–Crippen LogP) is 13.3. The largest absolute Gasteiger partial charge is 0.376 e. The number of fused-ring (bicyclic) bond motifs is 8. The summed E-state index contributed by atoms with van der Waals surface area (Å²) in [5, 5.41) is 2.25. The minimum absolute atomic E-state index is 0.0633. The fourth-order valence-electron chi connectivity index (χ4n) is 10.1. The molecule has 0 saturated heterocycles. The summed E-state index contributed by atoms with van der Waals surface area (Å²) in [6.45, 7) is 9.63. The first kappa shape index (κ1) is 34.8. The van der Waals surface area contributed by atoms with Crippen LogP contribution in [-0.2, 0) is 18.2 Å². The molecule has 4 aromatic carbocycles. The second kappa shape index (κ2) is 13.9. The maximum Gasteiger partial charge on any atom is 0.0598 e. The maximum atomic E-state index is 6.12.